The van der Waals surface area contributed by atoms with Crippen molar-refractivity contribution < 1.29 is 9.47 Å². The highest BCUT2D eigenvalue weighted by molar-refractivity contribution is 4.83. The summed E-state index contributed by atoms with van der Waals surface area (Å²) in [5.74, 6) is 0. The van der Waals surface area contributed by atoms with Gasteiger partial charge in [-0.05, 0) is 38.5 Å². The van der Waals surface area contributed by atoms with Crippen LogP contribution in [0.1, 0.15) is 52.4 Å². The molecule has 3 heteroatoms. The molecular formula is C13H27NO2. The van der Waals surface area contributed by atoms with E-state index in [0.717, 1.165) is 25.7 Å². The van der Waals surface area contributed by atoms with Crippen molar-refractivity contribution in [1.29, 1.82) is 0 Å². The summed E-state index contributed by atoms with van der Waals surface area (Å²) in [4.78, 5) is 0. The van der Waals surface area contributed by atoms with Crippen LogP contribution in [0, 0.1) is 0 Å². The molecule has 0 aromatic carbocycles. The van der Waals surface area contributed by atoms with Gasteiger partial charge in [0.2, 0.25) is 0 Å². The molecule has 1 aliphatic rings. The van der Waals surface area contributed by atoms with E-state index in [0.29, 0.717) is 18.8 Å². The van der Waals surface area contributed by atoms with E-state index >= 15 is 0 Å². The van der Waals surface area contributed by atoms with E-state index in [1.807, 2.05) is 0 Å². The summed E-state index contributed by atoms with van der Waals surface area (Å²) in [6.45, 7) is 4.94. The Kier molecular flexibility index (Phi) is 5.73. The van der Waals surface area contributed by atoms with Gasteiger partial charge in [-0.15, -0.1) is 0 Å². The zero-order valence-electron chi connectivity index (χ0n) is 11.0. The van der Waals surface area contributed by atoms with E-state index in [4.69, 9.17) is 15.2 Å². The third kappa shape index (κ3) is 3.44. The van der Waals surface area contributed by atoms with Crippen molar-refractivity contribution in [2.75, 3.05) is 13.7 Å². The van der Waals surface area contributed by atoms with E-state index < -0.39 is 0 Å². The Bertz CT molecular complexity index is 184. The molecule has 96 valence electrons. The fraction of sp³-hybridized carbons (Fsp3) is 1.00. The molecular weight excluding hydrogens is 202 g/mol. The van der Waals surface area contributed by atoms with Crippen molar-refractivity contribution in [2.24, 2.45) is 5.73 Å². The minimum absolute atomic E-state index is 0.111. The average Bonchev–Trinajstić information content (AvgIpc) is 2.36. The van der Waals surface area contributed by atoms with Crippen LogP contribution in [0.4, 0.5) is 0 Å². The zero-order chi connectivity index (χ0) is 12.0. The van der Waals surface area contributed by atoms with Gasteiger partial charge in [-0.25, -0.2) is 0 Å². The Morgan fingerprint density at radius 2 is 1.81 bits per heavy atom. The quantitative estimate of drug-likeness (QED) is 0.761. The number of hydrogen-bond donors (Lipinski definition) is 1. The summed E-state index contributed by atoms with van der Waals surface area (Å²) >= 11 is 0. The first-order valence-corrected chi connectivity index (χ1v) is 6.60. The highest BCUT2D eigenvalue weighted by atomic mass is 16.5. The van der Waals surface area contributed by atoms with Crippen molar-refractivity contribution in [2.45, 2.75) is 70.2 Å². The fourth-order valence-corrected chi connectivity index (χ4v) is 2.53. The maximum Gasteiger partial charge on any atom is 0.0802 e. The Hall–Kier alpha value is -0.120. The van der Waals surface area contributed by atoms with Crippen LogP contribution in [-0.4, -0.2) is 31.5 Å². The molecule has 0 spiro atoms. The molecule has 1 saturated carbocycles. The molecule has 16 heavy (non-hydrogen) atoms. The molecule has 1 rings (SSSR count). The molecule has 2 N–H and O–H groups in total. The van der Waals surface area contributed by atoms with Gasteiger partial charge in [0.05, 0.1) is 17.8 Å². The third-order valence-electron chi connectivity index (χ3n) is 3.99. The second-order valence-corrected chi connectivity index (χ2v) is 4.86. The van der Waals surface area contributed by atoms with Gasteiger partial charge in [-0.1, -0.05) is 13.8 Å². The van der Waals surface area contributed by atoms with Gasteiger partial charge in [-0.2, -0.15) is 0 Å². The summed E-state index contributed by atoms with van der Waals surface area (Å²) in [6, 6.07) is 0. The Morgan fingerprint density at radius 1 is 1.19 bits per heavy atom. The standard InChI is InChI=1S/C13H27NO2/c1-4-13(5-2,10-14)16-12-8-6-7-11(9-12)15-3/h11-12H,4-10,14H2,1-3H3. The SMILES string of the molecule is CCC(CC)(CN)OC1CCCC(OC)C1. The highest BCUT2D eigenvalue weighted by Gasteiger charge is 2.31. The molecule has 0 aromatic heterocycles. The number of ether oxygens (including phenoxy) is 2. The molecule has 0 heterocycles. The molecule has 0 saturated heterocycles. The number of rotatable bonds is 6. The van der Waals surface area contributed by atoms with Gasteiger partial charge in [0.25, 0.3) is 0 Å². The highest BCUT2D eigenvalue weighted by Crippen LogP contribution is 2.29. The summed E-state index contributed by atoms with van der Waals surface area (Å²) in [5, 5.41) is 0. The van der Waals surface area contributed by atoms with Gasteiger partial charge in [0, 0.05) is 13.7 Å². The molecule has 3 nitrogen and oxygen atoms in total. The molecule has 0 aromatic rings. The van der Waals surface area contributed by atoms with Crippen molar-refractivity contribution in [1.82, 2.24) is 0 Å². The Balaban J connectivity index is 2.50. The zero-order valence-corrected chi connectivity index (χ0v) is 11.0. The predicted molar refractivity (Wildman–Crippen MR) is 66.5 cm³/mol. The van der Waals surface area contributed by atoms with Crippen LogP contribution in [0.2, 0.25) is 0 Å². The van der Waals surface area contributed by atoms with Crippen LogP contribution in [0.25, 0.3) is 0 Å². The molecule has 1 aliphatic carbocycles. The van der Waals surface area contributed by atoms with Crippen molar-refractivity contribution in [3.8, 4) is 0 Å². The van der Waals surface area contributed by atoms with Gasteiger partial charge < -0.3 is 15.2 Å². The lowest BCUT2D eigenvalue weighted by Gasteiger charge is -2.38. The van der Waals surface area contributed by atoms with Crippen LogP contribution >= 0.6 is 0 Å². The number of hydrogen-bond acceptors (Lipinski definition) is 3. The van der Waals surface area contributed by atoms with Crippen molar-refractivity contribution >= 4 is 0 Å². The van der Waals surface area contributed by atoms with Gasteiger partial charge in [0.15, 0.2) is 0 Å². The smallest absolute Gasteiger partial charge is 0.0802 e. The van der Waals surface area contributed by atoms with E-state index in [-0.39, 0.29) is 5.60 Å². The second kappa shape index (κ2) is 6.58. The van der Waals surface area contributed by atoms with Crippen LogP contribution in [0.5, 0.6) is 0 Å². The monoisotopic (exact) mass is 229 g/mol. The topological polar surface area (TPSA) is 44.5 Å². The predicted octanol–water partition coefficient (Wildman–Crippen LogP) is 2.48. The fourth-order valence-electron chi connectivity index (χ4n) is 2.53. The van der Waals surface area contributed by atoms with Gasteiger partial charge >= 0.3 is 0 Å². The maximum atomic E-state index is 6.25. The molecule has 0 radical (unpaired) electrons. The van der Waals surface area contributed by atoms with E-state index in [9.17, 15) is 0 Å². The lowest BCUT2D eigenvalue weighted by atomic mass is 9.92. The Labute approximate surface area is 99.7 Å². The van der Waals surface area contributed by atoms with Crippen molar-refractivity contribution in [3.05, 3.63) is 0 Å². The van der Waals surface area contributed by atoms with Crippen LogP contribution in [0.3, 0.4) is 0 Å². The van der Waals surface area contributed by atoms with Gasteiger partial charge in [-0.3, -0.25) is 0 Å². The summed E-state index contributed by atoms with van der Waals surface area (Å²) in [7, 11) is 1.79. The number of methoxy groups -OCH3 is 1. The van der Waals surface area contributed by atoms with Crippen LogP contribution in [0.15, 0.2) is 0 Å². The average molecular weight is 229 g/mol. The van der Waals surface area contributed by atoms with E-state index in [1.54, 1.807) is 7.11 Å². The molecule has 1 fully saturated rings. The molecule has 2 atom stereocenters. The summed E-state index contributed by atoms with van der Waals surface area (Å²) in [5.41, 5.74) is 5.75. The largest absolute Gasteiger partial charge is 0.381 e. The normalized spacial score (nSPS) is 27.0. The molecule has 0 aliphatic heterocycles. The number of nitrogens with two attached hydrogens (primary N) is 1. The minimum atomic E-state index is -0.111. The molecule has 0 amide bonds. The van der Waals surface area contributed by atoms with Crippen molar-refractivity contribution in [3.63, 3.8) is 0 Å². The van der Waals surface area contributed by atoms with Gasteiger partial charge in [0.1, 0.15) is 0 Å². The second-order valence-electron chi connectivity index (χ2n) is 4.86. The lowest BCUT2D eigenvalue weighted by molar-refractivity contribution is -0.122. The minimum Gasteiger partial charge on any atom is -0.381 e. The summed E-state index contributed by atoms with van der Waals surface area (Å²) in [6.07, 6.45) is 7.26. The first kappa shape index (κ1) is 13.9. The molecule has 0 bridgehead atoms. The maximum absolute atomic E-state index is 6.25. The lowest BCUT2D eigenvalue weighted by Crippen LogP contribution is -2.44. The van der Waals surface area contributed by atoms with E-state index in [2.05, 4.69) is 13.8 Å². The third-order valence-corrected chi connectivity index (χ3v) is 3.99. The first-order chi connectivity index (χ1) is 7.69. The Morgan fingerprint density at radius 3 is 2.31 bits per heavy atom. The summed E-state index contributed by atoms with van der Waals surface area (Å²) < 4.78 is 11.7. The first-order valence-electron chi connectivity index (χ1n) is 6.60. The van der Waals surface area contributed by atoms with Crippen LogP contribution < -0.4 is 5.73 Å². The van der Waals surface area contributed by atoms with Crippen LogP contribution in [-0.2, 0) is 9.47 Å². The molecule has 2 unspecified atom stereocenters. The van der Waals surface area contributed by atoms with E-state index in [1.165, 1.54) is 12.8 Å².